The largest absolute Gasteiger partial charge is 0.497 e. The molecule has 1 aromatic rings. The number of hydrogen-bond donors (Lipinski definition) is 0. The first-order valence-electron chi connectivity index (χ1n) is 6.57. The Morgan fingerprint density at radius 3 is 2.47 bits per heavy atom. The quantitative estimate of drug-likeness (QED) is 0.617. The summed E-state index contributed by atoms with van der Waals surface area (Å²) in [5.41, 5.74) is 0.483. The standard InChI is InChI=1S/C15H19NO3/c1-18-12-6-7-13(14(10-12)19-2)15(16-11-17)8-4-3-5-9-15/h6-7,10H,3-5,8-9H2,1-2H3. The number of rotatable bonds is 4. The normalized spacial score (nSPS) is 17.4. The van der Waals surface area contributed by atoms with Crippen molar-refractivity contribution in [1.29, 1.82) is 0 Å². The lowest BCUT2D eigenvalue weighted by molar-refractivity contribution is 0.289. The van der Waals surface area contributed by atoms with Crippen LogP contribution in [0.5, 0.6) is 11.5 Å². The molecule has 0 aliphatic heterocycles. The zero-order valence-electron chi connectivity index (χ0n) is 11.4. The predicted octanol–water partition coefficient (Wildman–Crippen LogP) is 3.20. The van der Waals surface area contributed by atoms with Gasteiger partial charge in [0, 0.05) is 11.6 Å². The molecule has 0 bridgehead atoms. The van der Waals surface area contributed by atoms with Crippen molar-refractivity contribution in [3.63, 3.8) is 0 Å². The van der Waals surface area contributed by atoms with Crippen molar-refractivity contribution in [3.8, 4) is 11.5 Å². The first-order valence-corrected chi connectivity index (χ1v) is 6.57. The molecule has 1 aliphatic rings. The number of carbonyl (C=O) groups excluding carboxylic acids is 1. The fraction of sp³-hybridized carbons (Fsp3) is 0.533. The van der Waals surface area contributed by atoms with Crippen LogP contribution in [0.2, 0.25) is 0 Å². The highest BCUT2D eigenvalue weighted by Crippen LogP contribution is 2.45. The summed E-state index contributed by atoms with van der Waals surface area (Å²) < 4.78 is 10.6. The van der Waals surface area contributed by atoms with Gasteiger partial charge in [-0.05, 0) is 25.0 Å². The second kappa shape index (κ2) is 5.89. The van der Waals surface area contributed by atoms with Crippen molar-refractivity contribution in [1.82, 2.24) is 0 Å². The topological polar surface area (TPSA) is 47.9 Å². The Balaban J connectivity index is 2.49. The van der Waals surface area contributed by atoms with Crippen LogP contribution in [0, 0.1) is 0 Å². The van der Waals surface area contributed by atoms with Crippen LogP contribution in [-0.2, 0) is 10.3 Å². The third-order valence-electron chi connectivity index (χ3n) is 3.85. The summed E-state index contributed by atoms with van der Waals surface area (Å²) in [6.07, 6.45) is 6.81. The van der Waals surface area contributed by atoms with Crippen LogP contribution >= 0.6 is 0 Å². The summed E-state index contributed by atoms with van der Waals surface area (Å²) in [7, 11) is 3.24. The van der Waals surface area contributed by atoms with Crippen molar-refractivity contribution < 1.29 is 14.3 Å². The molecule has 0 unspecified atom stereocenters. The number of hydrogen-bond acceptors (Lipinski definition) is 4. The summed E-state index contributed by atoms with van der Waals surface area (Å²) >= 11 is 0. The molecular weight excluding hydrogens is 242 g/mol. The van der Waals surface area contributed by atoms with Crippen molar-refractivity contribution in [3.05, 3.63) is 23.8 Å². The van der Waals surface area contributed by atoms with E-state index in [1.165, 1.54) is 6.42 Å². The lowest BCUT2D eigenvalue weighted by atomic mass is 9.76. The van der Waals surface area contributed by atoms with E-state index in [-0.39, 0.29) is 0 Å². The van der Waals surface area contributed by atoms with Crippen LogP contribution in [0.1, 0.15) is 37.7 Å². The summed E-state index contributed by atoms with van der Waals surface area (Å²) in [4.78, 5) is 14.9. The highest BCUT2D eigenvalue weighted by Gasteiger charge is 2.36. The smallest absolute Gasteiger partial charge is 0.235 e. The molecule has 102 valence electrons. The van der Waals surface area contributed by atoms with Crippen molar-refractivity contribution in [2.45, 2.75) is 37.6 Å². The molecule has 1 aromatic carbocycles. The highest BCUT2D eigenvalue weighted by molar-refractivity contribution is 5.47. The van der Waals surface area contributed by atoms with Gasteiger partial charge in [0.25, 0.3) is 0 Å². The van der Waals surface area contributed by atoms with Gasteiger partial charge in [0.1, 0.15) is 17.0 Å². The van der Waals surface area contributed by atoms with Gasteiger partial charge in [-0.2, -0.15) is 4.99 Å². The van der Waals surface area contributed by atoms with Gasteiger partial charge >= 0.3 is 0 Å². The monoisotopic (exact) mass is 261 g/mol. The summed E-state index contributed by atoms with van der Waals surface area (Å²) in [6, 6.07) is 5.67. The van der Waals surface area contributed by atoms with Crippen molar-refractivity contribution >= 4 is 6.08 Å². The van der Waals surface area contributed by atoms with E-state index < -0.39 is 5.54 Å². The van der Waals surface area contributed by atoms with E-state index in [0.717, 1.165) is 42.7 Å². The highest BCUT2D eigenvalue weighted by atomic mass is 16.5. The third-order valence-corrected chi connectivity index (χ3v) is 3.85. The van der Waals surface area contributed by atoms with Gasteiger partial charge in [0.05, 0.1) is 14.2 Å². The van der Waals surface area contributed by atoms with E-state index >= 15 is 0 Å². The SMILES string of the molecule is COc1ccc(C2(N=C=O)CCCCC2)c(OC)c1. The molecule has 19 heavy (non-hydrogen) atoms. The molecule has 0 amide bonds. The Hall–Kier alpha value is -1.80. The lowest BCUT2D eigenvalue weighted by Gasteiger charge is -2.33. The molecule has 0 saturated heterocycles. The maximum Gasteiger partial charge on any atom is 0.235 e. The van der Waals surface area contributed by atoms with Crippen LogP contribution in [0.3, 0.4) is 0 Å². The molecule has 4 heteroatoms. The molecule has 4 nitrogen and oxygen atoms in total. The van der Waals surface area contributed by atoms with Crippen LogP contribution in [-0.4, -0.2) is 20.3 Å². The van der Waals surface area contributed by atoms with E-state index in [2.05, 4.69) is 4.99 Å². The maximum atomic E-state index is 10.8. The molecule has 1 aliphatic carbocycles. The average Bonchev–Trinajstić information content (AvgIpc) is 2.47. The number of isocyanates is 1. The van der Waals surface area contributed by atoms with Gasteiger partial charge in [0.15, 0.2) is 0 Å². The zero-order chi connectivity index (χ0) is 13.7. The number of benzene rings is 1. The molecule has 2 rings (SSSR count). The molecule has 0 radical (unpaired) electrons. The number of aliphatic imine (C=N–C) groups is 1. The molecule has 0 spiro atoms. The van der Waals surface area contributed by atoms with Gasteiger partial charge in [-0.3, -0.25) is 0 Å². The Morgan fingerprint density at radius 2 is 1.89 bits per heavy atom. The Kier molecular flexibility index (Phi) is 4.23. The maximum absolute atomic E-state index is 10.8. The van der Waals surface area contributed by atoms with Crippen LogP contribution in [0.15, 0.2) is 23.2 Å². The molecule has 0 N–H and O–H groups in total. The van der Waals surface area contributed by atoms with Gasteiger partial charge in [-0.1, -0.05) is 19.3 Å². The minimum Gasteiger partial charge on any atom is -0.497 e. The fourth-order valence-corrected chi connectivity index (χ4v) is 2.85. The first-order chi connectivity index (χ1) is 9.25. The lowest BCUT2D eigenvalue weighted by Crippen LogP contribution is -2.27. The summed E-state index contributed by atoms with van der Waals surface area (Å²) in [6.45, 7) is 0. The summed E-state index contributed by atoms with van der Waals surface area (Å²) in [5.74, 6) is 1.46. The van der Waals surface area contributed by atoms with E-state index in [1.54, 1.807) is 20.3 Å². The zero-order valence-corrected chi connectivity index (χ0v) is 11.4. The fourth-order valence-electron chi connectivity index (χ4n) is 2.85. The molecule has 1 fully saturated rings. The van der Waals surface area contributed by atoms with Crippen molar-refractivity contribution in [2.75, 3.05) is 14.2 Å². The first kappa shape index (κ1) is 13.6. The van der Waals surface area contributed by atoms with Gasteiger partial charge in [-0.15, -0.1) is 0 Å². The molecule has 1 saturated carbocycles. The average molecular weight is 261 g/mol. The Bertz CT molecular complexity index is 486. The van der Waals surface area contributed by atoms with Crippen LogP contribution in [0.25, 0.3) is 0 Å². The molecular formula is C15H19NO3. The molecule has 0 heterocycles. The molecule has 0 aromatic heterocycles. The number of ether oxygens (including phenoxy) is 2. The molecule has 0 atom stereocenters. The van der Waals surface area contributed by atoms with Crippen LogP contribution < -0.4 is 9.47 Å². The second-order valence-electron chi connectivity index (χ2n) is 4.86. The Labute approximate surface area is 113 Å². The minimum atomic E-state index is -0.475. The minimum absolute atomic E-state index is 0.475. The van der Waals surface area contributed by atoms with Gasteiger partial charge < -0.3 is 9.47 Å². The Morgan fingerprint density at radius 1 is 1.16 bits per heavy atom. The van der Waals surface area contributed by atoms with Gasteiger partial charge in [-0.25, -0.2) is 4.79 Å². The third kappa shape index (κ3) is 2.64. The van der Waals surface area contributed by atoms with E-state index in [9.17, 15) is 4.79 Å². The van der Waals surface area contributed by atoms with E-state index in [1.807, 2.05) is 18.2 Å². The van der Waals surface area contributed by atoms with Crippen LogP contribution in [0.4, 0.5) is 0 Å². The predicted molar refractivity (Wildman–Crippen MR) is 72.4 cm³/mol. The number of methoxy groups -OCH3 is 2. The number of nitrogens with zero attached hydrogens (tertiary/aromatic N) is 1. The second-order valence-corrected chi connectivity index (χ2v) is 4.86. The summed E-state index contributed by atoms with van der Waals surface area (Å²) in [5, 5.41) is 0. The van der Waals surface area contributed by atoms with E-state index in [0.29, 0.717) is 0 Å². The van der Waals surface area contributed by atoms with Gasteiger partial charge in [0.2, 0.25) is 6.08 Å². The van der Waals surface area contributed by atoms with Crippen molar-refractivity contribution in [2.24, 2.45) is 4.99 Å². The van der Waals surface area contributed by atoms with E-state index in [4.69, 9.17) is 9.47 Å².